The molecule has 0 radical (unpaired) electrons. The number of likely N-dealkylation sites (N-methyl/N-ethyl adjacent to an activating group) is 1. The lowest BCUT2D eigenvalue weighted by Gasteiger charge is -2.13. The van der Waals surface area contributed by atoms with Crippen LogP contribution in [-0.4, -0.2) is 36.2 Å². The molecule has 1 fully saturated rings. The van der Waals surface area contributed by atoms with Gasteiger partial charge < -0.3 is 9.47 Å². The number of carbonyl (C=O) groups excluding carboxylic acids is 1. The van der Waals surface area contributed by atoms with Crippen LogP contribution in [0.1, 0.15) is 31.9 Å². The van der Waals surface area contributed by atoms with Crippen molar-refractivity contribution < 1.29 is 14.3 Å². The lowest BCUT2D eigenvalue weighted by Crippen LogP contribution is -2.23. The van der Waals surface area contributed by atoms with Crippen molar-refractivity contribution in [3.63, 3.8) is 0 Å². The van der Waals surface area contributed by atoms with E-state index in [4.69, 9.17) is 14.5 Å². The van der Waals surface area contributed by atoms with Gasteiger partial charge in [0.2, 0.25) is 0 Å². The summed E-state index contributed by atoms with van der Waals surface area (Å²) in [4.78, 5) is 19.7. The van der Waals surface area contributed by atoms with E-state index in [1.807, 2.05) is 56.3 Å². The first-order valence-corrected chi connectivity index (χ1v) is 10.4. The zero-order valence-electron chi connectivity index (χ0n) is 17.4. The predicted octanol–water partition coefficient (Wildman–Crippen LogP) is 5.28. The molecule has 29 heavy (non-hydrogen) atoms. The Hall–Kier alpha value is -2.73. The van der Waals surface area contributed by atoms with Crippen molar-refractivity contribution in [1.82, 2.24) is 4.90 Å². The first-order valence-electron chi connectivity index (χ1n) is 9.61. The Labute approximate surface area is 176 Å². The lowest BCUT2D eigenvalue weighted by atomic mass is 10.1. The molecule has 1 saturated heterocycles. The van der Waals surface area contributed by atoms with Crippen LogP contribution in [0.5, 0.6) is 11.5 Å². The van der Waals surface area contributed by atoms with Gasteiger partial charge in [0, 0.05) is 7.05 Å². The van der Waals surface area contributed by atoms with Gasteiger partial charge >= 0.3 is 0 Å². The molecule has 152 valence electrons. The number of para-hydroxylation sites is 1. The van der Waals surface area contributed by atoms with E-state index in [2.05, 4.69) is 13.0 Å². The number of carbonyl (C=O) groups is 1. The number of aryl methyl sites for hydroxylation is 1. The molecule has 0 spiro atoms. The van der Waals surface area contributed by atoms with Gasteiger partial charge in [0.15, 0.2) is 16.7 Å². The van der Waals surface area contributed by atoms with E-state index >= 15 is 0 Å². The van der Waals surface area contributed by atoms with Crippen LogP contribution in [0.15, 0.2) is 52.4 Å². The fraction of sp³-hybridized carbons (Fsp3) is 0.304. The Bertz CT molecular complexity index is 966. The fourth-order valence-electron chi connectivity index (χ4n) is 2.95. The third-order valence-electron chi connectivity index (χ3n) is 4.44. The van der Waals surface area contributed by atoms with E-state index in [1.54, 1.807) is 19.1 Å². The number of benzene rings is 2. The van der Waals surface area contributed by atoms with E-state index in [9.17, 15) is 4.79 Å². The van der Waals surface area contributed by atoms with Gasteiger partial charge in [-0.1, -0.05) is 31.2 Å². The highest BCUT2D eigenvalue weighted by Gasteiger charge is 2.30. The number of amidine groups is 1. The highest BCUT2D eigenvalue weighted by atomic mass is 32.2. The first-order chi connectivity index (χ1) is 13.9. The molecule has 1 heterocycles. The number of ether oxygens (including phenoxy) is 2. The molecular weight excluding hydrogens is 384 g/mol. The lowest BCUT2D eigenvalue weighted by molar-refractivity contribution is -0.121. The number of amides is 1. The number of thioether (sulfide) groups is 1. The van der Waals surface area contributed by atoms with Crippen molar-refractivity contribution in [3.8, 4) is 11.5 Å². The maximum Gasteiger partial charge on any atom is 0.266 e. The van der Waals surface area contributed by atoms with E-state index in [1.165, 1.54) is 11.8 Å². The molecule has 0 aromatic heterocycles. The average Bonchev–Trinajstić information content (AvgIpc) is 2.97. The summed E-state index contributed by atoms with van der Waals surface area (Å²) in [5.74, 6) is 1.26. The van der Waals surface area contributed by atoms with Gasteiger partial charge in [-0.3, -0.25) is 9.69 Å². The van der Waals surface area contributed by atoms with E-state index < -0.39 is 0 Å². The second-order valence-electron chi connectivity index (χ2n) is 6.93. The number of methoxy groups -OCH3 is 1. The maximum absolute atomic E-state index is 12.7. The number of nitrogens with zero attached hydrogens (tertiary/aromatic N) is 2. The van der Waals surface area contributed by atoms with Crippen LogP contribution in [-0.2, 0) is 11.2 Å². The Balaban J connectivity index is 1.89. The van der Waals surface area contributed by atoms with Crippen molar-refractivity contribution in [2.45, 2.75) is 33.3 Å². The van der Waals surface area contributed by atoms with E-state index in [0.29, 0.717) is 21.6 Å². The third kappa shape index (κ3) is 4.82. The molecular formula is C23H26N2O3S. The van der Waals surface area contributed by atoms with Gasteiger partial charge in [-0.2, -0.15) is 0 Å². The quantitative estimate of drug-likeness (QED) is 0.608. The SMILES string of the molecule is CCc1ccccc1N=C1S/C(=C/c2ccc(OC(C)C)c(OC)c2)C(=O)N1C. The Morgan fingerprint density at radius 1 is 1.17 bits per heavy atom. The van der Waals surface area contributed by atoms with Crippen LogP contribution in [0.4, 0.5) is 5.69 Å². The normalized spacial score (nSPS) is 16.9. The molecule has 1 amide bonds. The van der Waals surface area contributed by atoms with Crippen LogP contribution < -0.4 is 9.47 Å². The zero-order valence-corrected chi connectivity index (χ0v) is 18.2. The monoisotopic (exact) mass is 410 g/mol. The molecule has 1 aliphatic heterocycles. The highest BCUT2D eigenvalue weighted by molar-refractivity contribution is 8.18. The summed E-state index contributed by atoms with van der Waals surface area (Å²) in [7, 11) is 3.36. The molecule has 0 bridgehead atoms. The smallest absolute Gasteiger partial charge is 0.266 e. The molecule has 6 heteroatoms. The van der Waals surface area contributed by atoms with Crippen LogP contribution in [0.3, 0.4) is 0 Å². The average molecular weight is 411 g/mol. The molecule has 0 atom stereocenters. The third-order valence-corrected chi connectivity index (χ3v) is 5.50. The summed E-state index contributed by atoms with van der Waals surface area (Å²) in [6.45, 7) is 6.04. The Morgan fingerprint density at radius 3 is 2.62 bits per heavy atom. The molecule has 2 aromatic rings. The topological polar surface area (TPSA) is 51.1 Å². The summed E-state index contributed by atoms with van der Waals surface area (Å²) in [5.41, 5.74) is 2.93. The molecule has 0 aliphatic carbocycles. The molecule has 2 aromatic carbocycles. The summed E-state index contributed by atoms with van der Waals surface area (Å²) >= 11 is 1.38. The van der Waals surface area contributed by atoms with Gasteiger partial charge in [-0.25, -0.2) is 4.99 Å². The van der Waals surface area contributed by atoms with Crippen molar-refractivity contribution in [3.05, 3.63) is 58.5 Å². The summed E-state index contributed by atoms with van der Waals surface area (Å²) < 4.78 is 11.2. The van der Waals surface area contributed by atoms with Crippen molar-refractivity contribution in [2.24, 2.45) is 4.99 Å². The number of rotatable bonds is 6. The zero-order chi connectivity index (χ0) is 21.0. The van der Waals surface area contributed by atoms with Gasteiger partial charge in [0.25, 0.3) is 5.91 Å². The maximum atomic E-state index is 12.7. The van der Waals surface area contributed by atoms with Crippen LogP contribution in [0, 0.1) is 0 Å². The molecule has 0 unspecified atom stereocenters. The van der Waals surface area contributed by atoms with Gasteiger partial charge in [-0.15, -0.1) is 0 Å². The van der Waals surface area contributed by atoms with Crippen molar-refractivity contribution in [2.75, 3.05) is 14.2 Å². The highest BCUT2D eigenvalue weighted by Crippen LogP contribution is 2.35. The van der Waals surface area contributed by atoms with E-state index in [-0.39, 0.29) is 12.0 Å². The summed E-state index contributed by atoms with van der Waals surface area (Å²) in [6, 6.07) is 13.7. The minimum Gasteiger partial charge on any atom is -0.493 e. The second-order valence-corrected chi connectivity index (χ2v) is 7.94. The Morgan fingerprint density at radius 2 is 1.93 bits per heavy atom. The standard InChI is InChI=1S/C23H26N2O3S/c1-6-17-9-7-8-10-18(17)24-23-25(4)22(26)21(29-23)14-16-11-12-19(28-15(2)3)20(13-16)27-5/h7-15H,6H2,1-5H3/b21-14+,24-23?. The number of hydrogen-bond acceptors (Lipinski definition) is 5. The molecule has 0 saturated carbocycles. The van der Waals surface area contributed by atoms with Crippen LogP contribution in [0.25, 0.3) is 6.08 Å². The summed E-state index contributed by atoms with van der Waals surface area (Å²) in [6.07, 6.45) is 2.81. The van der Waals surface area contributed by atoms with Gasteiger partial charge in [0.1, 0.15) is 0 Å². The Kier molecular flexibility index (Phi) is 6.64. The molecule has 1 aliphatic rings. The second kappa shape index (κ2) is 9.18. The van der Waals surface area contributed by atoms with Gasteiger partial charge in [0.05, 0.1) is 23.8 Å². The van der Waals surface area contributed by atoms with Crippen molar-refractivity contribution >= 4 is 34.6 Å². The number of hydrogen-bond donors (Lipinski definition) is 0. The van der Waals surface area contributed by atoms with E-state index in [0.717, 1.165) is 23.2 Å². The molecule has 3 rings (SSSR count). The summed E-state index contributed by atoms with van der Waals surface area (Å²) in [5, 5.41) is 0.675. The molecule has 5 nitrogen and oxygen atoms in total. The van der Waals surface area contributed by atoms with Gasteiger partial charge in [-0.05, 0) is 67.4 Å². The predicted molar refractivity (Wildman–Crippen MR) is 120 cm³/mol. The fourth-order valence-corrected chi connectivity index (χ4v) is 3.93. The minimum atomic E-state index is -0.0656. The largest absolute Gasteiger partial charge is 0.493 e. The first kappa shape index (κ1) is 21.0. The van der Waals surface area contributed by atoms with Crippen LogP contribution >= 0.6 is 11.8 Å². The molecule has 0 N–H and O–H groups in total. The van der Waals surface area contributed by atoms with Crippen LogP contribution in [0.2, 0.25) is 0 Å². The van der Waals surface area contributed by atoms with Crippen molar-refractivity contribution in [1.29, 1.82) is 0 Å². The minimum absolute atomic E-state index is 0.0542. The number of aliphatic imine (C=N–C) groups is 1.